The van der Waals surface area contributed by atoms with Crippen LogP contribution in [0.15, 0.2) is 12.1 Å². The van der Waals surface area contributed by atoms with Crippen LogP contribution in [0.5, 0.6) is 0 Å². The Kier molecular flexibility index (Phi) is 2.87. The summed E-state index contributed by atoms with van der Waals surface area (Å²) < 4.78 is 0. The summed E-state index contributed by atoms with van der Waals surface area (Å²) in [7, 11) is 3.96. The molecule has 0 aliphatic heterocycles. The number of carbonyl (C=O) groups excluding carboxylic acids is 1. The van der Waals surface area contributed by atoms with Crippen LogP contribution in [0.25, 0.3) is 0 Å². The molecule has 0 N–H and O–H groups in total. The molecule has 0 fully saturated rings. The fourth-order valence-corrected chi connectivity index (χ4v) is 1.83. The Morgan fingerprint density at radius 1 is 1.50 bits per heavy atom. The summed E-state index contributed by atoms with van der Waals surface area (Å²) >= 11 is 1.55. The van der Waals surface area contributed by atoms with E-state index in [0.29, 0.717) is 6.42 Å². The SMILES string of the molecule is CCC(=O)c1ccc(N(C)C)s1. The van der Waals surface area contributed by atoms with Gasteiger partial charge in [-0.05, 0) is 12.1 Å². The van der Waals surface area contributed by atoms with E-state index in [2.05, 4.69) is 0 Å². The summed E-state index contributed by atoms with van der Waals surface area (Å²) in [5.74, 6) is 0.230. The van der Waals surface area contributed by atoms with Crippen LogP contribution in [0.4, 0.5) is 5.00 Å². The molecule has 0 bridgehead atoms. The van der Waals surface area contributed by atoms with Crippen molar-refractivity contribution in [1.82, 2.24) is 0 Å². The van der Waals surface area contributed by atoms with Crippen LogP contribution < -0.4 is 4.90 Å². The Hall–Kier alpha value is -0.830. The highest BCUT2D eigenvalue weighted by Gasteiger charge is 2.07. The lowest BCUT2D eigenvalue weighted by molar-refractivity contribution is 0.0992. The summed E-state index contributed by atoms with van der Waals surface area (Å²) in [6, 6.07) is 3.87. The van der Waals surface area contributed by atoms with Crippen LogP contribution in [0.3, 0.4) is 0 Å². The molecule has 0 amide bonds. The molecular weight excluding hydrogens is 170 g/mol. The molecule has 0 saturated heterocycles. The van der Waals surface area contributed by atoms with E-state index >= 15 is 0 Å². The van der Waals surface area contributed by atoms with E-state index in [4.69, 9.17) is 0 Å². The van der Waals surface area contributed by atoms with Gasteiger partial charge in [-0.15, -0.1) is 11.3 Å². The summed E-state index contributed by atoms with van der Waals surface area (Å²) in [4.78, 5) is 14.1. The van der Waals surface area contributed by atoms with Crippen LogP contribution >= 0.6 is 11.3 Å². The van der Waals surface area contributed by atoms with Gasteiger partial charge in [0.25, 0.3) is 0 Å². The minimum atomic E-state index is 0.230. The van der Waals surface area contributed by atoms with Crippen LogP contribution in [-0.4, -0.2) is 19.9 Å². The highest BCUT2D eigenvalue weighted by atomic mass is 32.1. The molecule has 66 valence electrons. The molecule has 1 heterocycles. The minimum absolute atomic E-state index is 0.230. The average molecular weight is 183 g/mol. The normalized spacial score (nSPS) is 9.92. The molecule has 0 atom stereocenters. The minimum Gasteiger partial charge on any atom is -0.370 e. The number of thiophene rings is 1. The third-order valence-electron chi connectivity index (χ3n) is 1.63. The third kappa shape index (κ3) is 1.85. The number of ketones is 1. The highest BCUT2D eigenvalue weighted by Crippen LogP contribution is 2.24. The van der Waals surface area contributed by atoms with Gasteiger partial charge in [0.05, 0.1) is 9.88 Å². The fourth-order valence-electron chi connectivity index (χ4n) is 0.892. The zero-order valence-electron chi connectivity index (χ0n) is 7.63. The standard InChI is InChI=1S/C9H13NOS/c1-4-7(11)8-5-6-9(12-8)10(2)3/h5-6H,4H2,1-3H3. The Morgan fingerprint density at radius 3 is 2.58 bits per heavy atom. The second-order valence-electron chi connectivity index (χ2n) is 2.81. The molecule has 0 spiro atoms. The first-order valence-electron chi connectivity index (χ1n) is 3.95. The molecule has 0 aromatic carbocycles. The fraction of sp³-hybridized carbons (Fsp3) is 0.444. The van der Waals surface area contributed by atoms with Gasteiger partial charge < -0.3 is 4.90 Å². The lowest BCUT2D eigenvalue weighted by Gasteiger charge is -2.06. The van der Waals surface area contributed by atoms with Gasteiger partial charge in [0, 0.05) is 20.5 Å². The number of hydrogen-bond acceptors (Lipinski definition) is 3. The number of rotatable bonds is 3. The molecule has 12 heavy (non-hydrogen) atoms. The Labute approximate surface area is 76.8 Å². The van der Waals surface area contributed by atoms with E-state index in [1.54, 1.807) is 11.3 Å². The molecule has 0 radical (unpaired) electrons. The molecular formula is C9H13NOS. The van der Waals surface area contributed by atoms with Crippen LogP contribution in [-0.2, 0) is 0 Å². The van der Waals surface area contributed by atoms with E-state index in [0.717, 1.165) is 9.88 Å². The lowest BCUT2D eigenvalue weighted by Crippen LogP contribution is -2.05. The maximum Gasteiger partial charge on any atom is 0.172 e. The van der Waals surface area contributed by atoms with Crippen LogP contribution in [0.2, 0.25) is 0 Å². The molecule has 1 aromatic heterocycles. The van der Waals surface area contributed by atoms with Crippen molar-refractivity contribution in [3.8, 4) is 0 Å². The quantitative estimate of drug-likeness (QED) is 0.671. The molecule has 0 aliphatic rings. The smallest absolute Gasteiger partial charge is 0.172 e. The van der Waals surface area contributed by atoms with Gasteiger partial charge >= 0.3 is 0 Å². The predicted molar refractivity (Wildman–Crippen MR) is 53.3 cm³/mol. The van der Waals surface area contributed by atoms with Crippen molar-refractivity contribution in [3.63, 3.8) is 0 Å². The number of carbonyl (C=O) groups is 1. The van der Waals surface area contributed by atoms with Gasteiger partial charge in [0.2, 0.25) is 0 Å². The lowest BCUT2D eigenvalue weighted by atomic mass is 10.3. The van der Waals surface area contributed by atoms with Crippen molar-refractivity contribution in [2.45, 2.75) is 13.3 Å². The second kappa shape index (κ2) is 3.72. The second-order valence-corrected chi connectivity index (χ2v) is 3.87. The van der Waals surface area contributed by atoms with E-state index in [1.165, 1.54) is 0 Å². The van der Waals surface area contributed by atoms with Crippen molar-refractivity contribution < 1.29 is 4.79 Å². The molecule has 1 rings (SSSR count). The van der Waals surface area contributed by atoms with Gasteiger partial charge in [0.1, 0.15) is 0 Å². The number of anilines is 1. The van der Waals surface area contributed by atoms with Crippen molar-refractivity contribution >= 4 is 22.1 Å². The van der Waals surface area contributed by atoms with Gasteiger partial charge in [0.15, 0.2) is 5.78 Å². The first-order chi connectivity index (χ1) is 5.65. The zero-order valence-corrected chi connectivity index (χ0v) is 8.44. The summed E-state index contributed by atoms with van der Waals surface area (Å²) in [5.41, 5.74) is 0. The van der Waals surface area contributed by atoms with Crippen LogP contribution in [0.1, 0.15) is 23.0 Å². The molecule has 1 aromatic rings. The van der Waals surface area contributed by atoms with Crippen molar-refractivity contribution in [3.05, 3.63) is 17.0 Å². The van der Waals surface area contributed by atoms with Crippen molar-refractivity contribution in [1.29, 1.82) is 0 Å². The van der Waals surface area contributed by atoms with E-state index in [1.807, 2.05) is 38.1 Å². The Bertz CT molecular complexity index is 278. The molecule has 0 saturated carbocycles. The summed E-state index contributed by atoms with van der Waals surface area (Å²) in [6.45, 7) is 1.89. The molecule has 3 heteroatoms. The van der Waals surface area contributed by atoms with E-state index in [-0.39, 0.29) is 5.78 Å². The van der Waals surface area contributed by atoms with Gasteiger partial charge in [-0.25, -0.2) is 0 Å². The Balaban J connectivity index is 2.84. The average Bonchev–Trinajstić information content (AvgIpc) is 2.51. The first kappa shape index (κ1) is 9.26. The van der Waals surface area contributed by atoms with Gasteiger partial charge in [-0.3, -0.25) is 4.79 Å². The maximum atomic E-state index is 11.2. The molecule has 0 unspecified atom stereocenters. The number of nitrogens with zero attached hydrogens (tertiary/aromatic N) is 1. The first-order valence-corrected chi connectivity index (χ1v) is 4.77. The Morgan fingerprint density at radius 2 is 2.17 bits per heavy atom. The predicted octanol–water partition coefficient (Wildman–Crippen LogP) is 2.41. The summed E-state index contributed by atoms with van der Waals surface area (Å²) in [5, 5.41) is 1.13. The molecule has 2 nitrogen and oxygen atoms in total. The van der Waals surface area contributed by atoms with Gasteiger partial charge in [-0.2, -0.15) is 0 Å². The van der Waals surface area contributed by atoms with E-state index < -0.39 is 0 Å². The van der Waals surface area contributed by atoms with Gasteiger partial charge in [-0.1, -0.05) is 6.92 Å². The zero-order chi connectivity index (χ0) is 9.14. The third-order valence-corrected chi connectivity index (χ3v) is 2.92. The summed E-state index contributed by atoms with van der Waals surface area (Å²) in [6.07, 6.45) is 0.591. The van der Waals surface area contributed by atoms with Crippen LogP contribution in [0, 0.1) is 0 Å². The van der Waals surface area contributed by atoms with Crippen molar-refractivity contribution in [2.24, 2.45) is 0 Å². The maximum absolute atomic E-state index is 11.2. The monoisotopic (exact) mass is 183 g/mol. The topological polar surface area (TPSA) is 20.3 Å². The largest absolute Gasteiger partial charge is 0.370 e. The number of Topliss-reactive ketones (excluding diaryl/α,β-unsaturated/α-hetero) is 1. The highest BCUT2D eigenvalue weighted by molar-refractivity contribution is 7.18. The number of hydrogen-bond donors (Lipinski definition) is 0. The molecule has 0 aliphatic carbocycles. The van der Waals surface area contributed by atoms with E-state index in [9.17, 15) is 4.79 Å². The van der Waals surface area contributed by atoms with Crippen molar-refractivity contribution in [2.75, 3.05) is 19.0 Å².